The van der Waals surface area contributed by atoms with Gasteiger partial charge in [0.15, 0.2) is 0 Å². The molecule has 3 nitrogen and oxygen atoms in total. The number of aromatic carboxylic acids is 1. The molecule has 6 heteroatoms. The maximum absolute atomic E-state index is 11.9. The van der Waals surface area contributed by atoms with Crippen molar-refractivity contribution in [2.24, 2.45) is 0 Å². The van der Waals surface area contributed by atoms with Crippen molar-refractivity contribution >= 4 is 5.97 Å². The summed E-state index contributed by atoms with van der Waals surface area (Å²) in [7, 11) is 0. The third-order valence-electron chi connectivity index (χ3n) is 1.92. The molecule has 0 atom stereocenters. The molecule has 0 saturated carbocycles. The average Bonchev–Trinajstić information content (AvgIpc) is 2.14. The van der Waals surface area contributed by atoms with E-state index in [0.717, 1.165) is 18.2 Å². The molecule has 0 aliphatic carbocycles. The van der Waals surface area contributed by atoms with Gasteiger partial charge < -0.3 is 9.84 Å². The van der Waals surface area contributed by atoms with Gasteiger partial charge in [-0.15, -0.1) is 13.2 Å². The van der Waals surface area contributed by atoms with Crippen LogP contribution in [0.3, 0.4) is 0 Å². The van der Waals surface area contributed by atoms with Gasteiger partial charge in [0.2, 0.25) is 0 Å². The number of benzene rings is 1. The number of alkyl halides is 3. The molecule has 1 rings (SSSR count). The van der Waals surface area contributed by atoms with E-state index in [4.69, 9.17) is 5.11 Å². The minimum absolute atomic E-state index is 0.0166. The number of carbonyl (C=O) groups is 1. The maximum Gasteiger partial charge on any atom is 0.573 e. The molecule has 0 aliphatic heterocycles. The van der Waals surface area contributed by atoms with Gasteiger partial charge in [0, 0.05) is 0 Å². The van der Waals surface area contributed by atoms with Crippen molar-refractivity contribution in [3.8, 4) is 5.75 Å². The molecule has 16 heavy (non-hydrogen) atoms. The quantitative estimate of drug-likeness (QED) is 0.874. The van der Waals surface area contributed by atoms with Crippen molar-refractivity contribution < 1.29 is 27.8 Å². The second kappa shape index (κ2) is 4.42. The highest BCUT2D eigenvalue weighted by atomic mass is 19.4. The van der Waals surface area contributed by atoms with Gasteiger partial charge >= 0.3 is 12.3 Å². The van der Waals surface area contributed by atoms with Gasteiger partial charge in [-0.2, -0.15) is 0 Å². The number of hydrogen-bond donors (Lipinski definition) is 1. The van der Waals surface area contributed by atoms with Crippen molar-refractivity contribution in [3.63, 3.8) is 0 Å². The zero-order chi connectivity index (χ0) is 12.3. The summed E-state index contributed by atoms with van der Waals surface area (Å²) in [4.78, 5) is 10.7. The van der Waals surface area contributed by atoms with Crippen LogP contribution in [0, 0.1) is 0 Å². The predicted molar refractivity (Wildman–Crippen MR) is 49.5 cm³/mol. The third-order valence-corrected chi connectivity index (χ3v) is 1.92. The van der Waals surface area contributed by atoms with Gasteiger partial charge in [0.1, 0.15) is 5.75 Å². The van der Waals surface area contributed by atoms with E-state index in [1.807, 2.05) is 0 Å². The summed E-state index contributed by atoms with van der Waals surface area (Å²) >= 11 is 0. The number of carboxylic acids is 1. The minimum Gasteiger partial charge on any atom is -0.478 e. The summed E-state index contributed by atoms with van der Waals surface area (Å²) in [6.45, 7) is 1.65. The van der Waals surface area contributed by atoms with Crippen LogP contribution in [0.5, 0.6) is 5.75 Å². The number of hydrogen-bond acceptors (Lipinski definition) is 2. The summed E-state index contributed by atoms with van der Waals surface area (Å²) in [5, 5.41) is 8.76. The van der Waals surface area contributed by atoms with E-state index in [9.17, 15) is 18.0 Å². The Morgan fingerprint density at radius 2 is 2.06 bits per heavy atom. The van der Waals surface area contributed by atoms with Crippen LogP contribution < -0.4 is 4.74 Å². The fourth-order valence-electron chi connectivity index (χ4n) is 1.27. The van der Waals surface area contributed by atoms with Gasteiger partial charge in [-0.25, -0.2) is 4.79 Å². The first-order valence-corrected chi connectivity index (χ1v) is 4.45. The lowest BCUT2D eigenvalue weighted by Crippen LogP contribution is -2.17. The van der Waals surface area contributed by atoms with Crippen molar-refractivity contribution in [1.29, 1.82) is 0 Å². The molecule has 1 aromatic rings. The van der Waals surface area contributed by atoms with E-state index in [1.165, 1.54) is 0 Å². The summed E-state index contributed by atoms with van der Waals surface area (Å²) < 4.78 is 39.4. The van der Waals surface area contributed by atoms with Crippen molar-refractivity contribution in [1.82, 2.24) is 0 Å². The molecular weight excluding hydrogens is 225 g/mol. The first-order chi connectivity index (χ1) is 7.33. The molecule has 1 aromatic carbocycles. The molecular formula is C10H9F3O3. The zero-order valence-corrected chi connectivity index (χ0v) is 8.34. The predicted octanol–water partition coefficient (Wildman–Crippen LogP) is 2.85. The smallest absolute Gasteiger partial charge is 0.478 e. The topological polar surface area (TPSA) is 46.5 Å². The van der Waals surface area contributed by atoms with Gasteiger partial charge in [0.25, 0.3) is 0 Å². The van der Waals surface area contributed by atoms with Gasteiger partial charge in [-0.3, -0.25) is 0 Å². The van der Waals surface area contributed by atoms with E-state index in [2.05, 4.69) is 4.74 Å². The number of halogens is 3. The van der Waals surface area contributed by atoms with Crippen LogP contribution in [-0.4, -0.2) is 17.4 Å². The Kier molecular flexibility index (Phi) is 3.41. The molecule has 0 fully saturated rings. The second-order valence-electron chi connectivity index (χ2n) is 3.03. The third kappa shape index (κ3) is 3.15. The van der Waals surface area contributed by atoms with E-state index < -0.39 is 18.1 Å². The maximum atomic E-state index is 11.9. The number of carboxylic acid groups (broad SMARTS) is 1. The molecule has 1 N–H and O–H groups in total. The van der Waals surface area contributed by atoms with Gasteiger partial charge in [-0.1, -0.05) is 6.92 Å². The van der Waals surface area contributed by atoms with Crippen LogP contribution >= 0.6 is 0 Å². The van der Waals surface area contributed by atoms with E-state index in [0.29, 0.717) is 12.0 Å². The summed E-state index contributed by atoms with van der Waals surface area (Å²) in [5.74, 6) is -1.58. The average molecular weight is 234 g/mol. The molecule has 0 saturated heterocycles. The molecule has 0 amide bonds. The largest absolute Gasteiger partial charge is 0.573 e. The lowest BCUT2D eigenvalue weighted by Gasteiger charge is -2.11. The first kappa shape index (κ1) is 12.4. The first-order valence-electron chi connectivity index (χ1n) is 4.45. The Morgan fingerprint density at radius 1 is 1.44 bits per heavy atom. The molecule has 0 radical (unpaired) electrons. The summed E-state index contributed by atoms with van der Waals surface area (Å²) in [5.41, 5.74) is 0.284. The molecule has 0 aliphatic rings. The molecule has 0 bridgehead atoms. The lowest BCUT2D eigenvalue weighted by molar-refractivity contribution is -0.274. The molecule has 0 spiro atoms. The standard InChI is InChI=1S/C10H9F3O3/c1-2-6-5-7(16-10(11,12)13)3-4-8(6)9(14)15/h3-5H,2H2,1H3,(H,14,15). The van der Waals surface area contributed by atoms with Crippen LogP contribution in [0.4, 0.5) is 13.2 Å². The van der Waals surface area contributed by atoms with Crippen LogP contribution in [0.15, 0.2) is 18.2 Å². The van der Waals surface area contributed by atoms with Gasteiger partial charge in [0.05, 0.1) is 5.56 Å². The Labute approximate surface area is 89.5 Å². The highest BCUT2D eigenvalue weighted by molar-refractivity contribution is 5.89. The molecule has 0 aromatic heterocycles. The van der Waals surface area contributed by atoms with E-state index >= 15 is 0 Å². The zero-order valence-electron chi connectivity index (χ0n) is 8.34. The van der Waals surface area contributed by atoms with Crippen molar-refractivity contribution in [2.75, 3.05) is 0 Å². The Bertz CT molecular complexity index is 399. The van der Waals surface area contributed by atoms with Crippen LogP contribution in [0.1, 0.15) is 22.8 Å². The number of rotatable bonds is 3. The SMILES string of the molecule is CCc1cc(OC(F)(F)F)ccc1C(=O)O. The fraction of sp³-hybridized carbons (Fsp3) is 0.300. The highest BCUT2D eigenvalue weighted by Gasteiger charge is 2.31. The van der Waals surface area contributed by atoms with Crippen molar-refractivity contribution in [2.45, 2.75) is 19.7 Å². The fourth-order valence-corrected chi connectivity index (χ4v) is 1.27. The lowest BCUT2D eigenvalue weighted by atomic mass is 10.1. The number of aryl methyl sites for hydroxylation is 1. The summed E-state index contributed by atoms with van der Waals surface area (Å²) in [6.07, 6.45) is -4.45. The normalized spacial score (nSPS) is 11.2. The van der Waals surface area contributed by atoms with Crippen LogP contribution in [0.25, 0.3) is 0 Å². The molecule has 88 valence electrons. The number of ether oxygens (including phenoxy) is 1. The Hall–Kier alpha value is -1.72. The van der Waals surface area contributed by atoms with Crippen LogP contribution in [0.2, 0.25) is 0 Å². The van der Waals surface area contributed by atoms with E-state index in [-0.39, 0.29) is 5.56 Å². The van der Waals surface area contributed by atoms with Gasteiger partial charge in [-0.05, 0) is 30.2 Å². The second-order valence-corrected chi connectivity index (χ2v) is 3.03. The molecule has 0 unspecified atom stereocenters. The van der Waals surface area contributed by atoms with Crippen LogP contribution in [-0.2, 0) is 6.42 Å². The monoisotopic (exact) mass is 234 g/mol. The summed E-state index contributed by atoms with van der Waals surface area (Å²) in [6, 6.07) is 3.16. The highest BCUT2D eigenvalue weighted by Crippen LogP contribution is 2.25. The van der Waals surface area contributed by atoms with Crippen molar-refractivity contribution in [3.05, 3.63) is 29.3 Å². The van der Waals surface area contributed by atoms with E-state index in [1.54, 1.807) is 6.92 Å². The Morgan fingerprint density at radius 3 is 2.50 bits per heavy atom. The minimum atomic E-state index is -4.77. The molecule has 0 heterocycles. The Balaban J connectivity index is 3.05.